The quantitative estimate of drug-likeness (QED) is 0.360. The maximum atomic E-state index is 13.7. The van der Waals surface area contributed by atoms with E-state index in [0.29, 0.717) is 5.56 Å². The minimum Gasteiger partial charge on any atom is -0.467 e. The number of carbonyl (C=O) groups is 2. The summed E-state index contributed by atoms with van der Waals surface area (Å²) in [5.74, 6) is -3.80. The first-order valence-corrected chi connectivity index (χ1v) is 8.71. The number of hydrogen-bond donors (Lipinski definition) is 3. The molecule has 1 aliphatic heterocycles. The highest BCUT2D eigenvalue weighted by Gasteiger charge is 2.54. The van der Waals surface area contributed by atoms with Gasteiger partial charge in [0, 0.05) is 10.1 Å². The third kappa shape index (κ3) is 3.84. The monoisotopic (exact) mass is 433 g/mol. The number of methoxy groups -OCH3 is 1. The summed E-state index contributed by atoms with van der Waals surface area (Å²) in [5.41, 5.74) is 9.84. The van der Waals surface area contributed by atoms with Gasteiger partial charge in [-0.15, -0.1) is 0 Å². The summed E-state index contributed by atoms with van der Waals surface area (Å²) in [5, 5.41) is 2.31. The number of nitrogens with one attached hydrogen (secondary N) is 1. The molecule has 1 amide bonds. The van der Waals surface area contributed by atoms with Crippen molar-refractivity contribution in [3.8, 4) is 0 Å². The van der Waals surface area contributed by atoms with Crippen molar-refractivity contribution < 1.29 is 28.2 Å². The standard InChI is InChI=1S/C18H17F2N7O4/c1-18(16(29)31-20)10-11(21)24-14(26-13(10)27-15(18)28)12(22)25-17(30-2)23-7-8-5-3-4-6-9(8)19/h3-6H,7H2,1-2H3,(H2,22,23,25)(H3,21,24,26,27,28). The third-order valence-electron chi connectivity index (χ3n) is 4.57. The Morgan fingerprint density at radius 2 is 2.03 bits per heavy atom. The smallest absolute Gasteiger partial charge is 0.368 e. The van der Waals surface area contributed by atoms with E-state index in [4.69, 9.17) is 16.2 Å². The van der Waals surface area contributed by atoms with E-state index in [1.54, 1.807) is 18.2 Å². The zero-order valence-electron chi connectivity index (χ0n) is 16.3. The Kier molecular flexibility index (Phi) is 5.77. The topological polar surface area (TPSA) is 167 Å². The average Bonchev–Trinajstić information content (AvgIpc) is 3.02. The Morgan fingerprint density at radius 1 is 1.32 bits per heavy atom. The van der Waals surface area contributed by atoms with Crippen LogP contribution >= 0.6 is 0 Å². The van der Waals surface area contributed by atoms with Crippen molar-refractivity contribution >= 4 is 35.4 Å². The van der Waals surface area contributed by atoms with Crippen LogP contribution in [-0.4, -0.2) is 40.8 Å². The van der Waals surface area contributed by atoms with Gasteiger partial charge in [0.15, 0.2) is 17.1 Å². The first-order valence-electron chi connectivity index (χ1n) is 8.71. The molecule has 1 aromatic heterocycles. The van der Waals surface area contributed by atoms with Gasteiger partial charge in [-0.3, -0.25) is 9.74 Å². The first kappa shape index (κ1) is 21.5. The summed E-state index contributed by atoms with van der Waals surface area (Å²) >= 11 is 0. The highest BCUT2D eigenvalue weighted by atomic mass is 19.3. The van der Waals surface area contributed by atoms with E-state index >= 15 is 0 Å². The fourth-order valence-electron chi connectivity index (χ4n) is 2.87. The summed E-state index contributed by atoms with van der Waals surface area (Å²) < 4.78 is 31.2. The van der Waals surface area contributed by atoms with Gasteiger partial charge in [0.05, 0.1) is 19.2 Å². The second-order valence-electron chi connectivity index (χ2n) is 6.49. The summed E-state index contributed by atoms with van der Waals surface area (Å²) in [6.07, 6.45) is 0. The van der Waals surface area contributed by atoms with Crippen LogP contribution in [0.1, 0.15) is 23.9 Å². The number of ether oxygens (including phenoxy) is 1. The van der Waals surface area contributed by atoms with Crippen LogP contribution in [0.15, 0.2) is 34.3 Å². The Labute approximate surface area is 174 Å². The van der Waals surface area contributed by atoms with Gasteiger partial charge in [0.25, 0.3) is 0 Å². The number of anilines is 2. The van der Waals surface area contributed by atoms with Gasteiger partial charge in [-0.05, 0) is 13.0 Å². The minimum atomic E-state index is -2.07. The summed E-state index contributed by atoms with van der Waals surface area (Å²) in [6.45, 7) is 1.05. The molecule has 162 valence electrons. The molecular weight excluding hydrogens is 416 g/mol. The number of halogens is 2. The van der Waals surface area contributed by atoms with E-state index < -0.39 is 23.1 Å². The Bertz CT molecular complexity index is 1120. The molecule has 5 N–H and O–H groups in total. The number of rotatable bonds is 4. The molecule has 0 fully saturated rings. The summed E-state index contributed by atoms with van der Waals surface area (Å²) in [4.78, 5) is 43.2. The molecule has 2 aromatic rings. The molecule has 3 rings (SSSR count). The molecule has 1 atom stereocenters. The zero-order valence-corrected chi connectivity index (χ0v) is 16.3. The fraction of sp³-hybridized carbons (Fsp3) is 0.222. The number of nitrogen functional groups attached to an aromatic ring is 1. The molecule has 0 aliphatic carbocycles. The third-order valence-corrected chi connectivity index (χ3v) is 4.57. The van der Waals surface area contributed by atoms with Gasteiger partial charge in [-0.2, -0.15) is 4.99 Å². The molecule has 1 aliphatic rings. The molecule has 13 heteroatoms. The average molecular weight is 433 g/mol. The highest BCUT2D eigenvalue weighted by Crippen LogP contribution is 2.40. The molecule has 11 nitrogen and oxygen atoms in total. The van der Waals surface area contributed by atoms with Gasteiger partial charge in [0.1, 0.15) is 17.5 Å². The van der Waals surface area contributed by atoms with Crippen molar-refractivity contribution in [3.63, 3.8) is 0 Å². The van der Waals surface area contributed by atoms with Crippen LogP contribution in [0.4, 0.5) is 20.6 Å². The lowest BCUT2D eigenvalue weighted by Crippen LogP contribution is -2.40. The highest BCUT2D eigenvalue weighted by molar-refractivity contribution is 6.19. The van der Waals surface area contributed by atoms with E-state index in [9.17, 15) is 18.5 Å². The van der Waals surface area contributed by atoms with Crippen LogP contribution in [-0.2, 0) is 31.2 Å². The zero-order chi connectivity index (χ0) is 22.8. The van der Waals surface area contributed by atoms with Gasteiger partial charge in [0.2, 0.25) is 5.91 Å². The van der Waals surface area contributed by atoms with Crippen LogP contribution in [0, 0.1) is 5.82 Å². The number of amidine groups is 2. The molecule has 0 radical (unpaired) electrons. The number of aliphatic imine (C=N–C) groups is 2. The normalized spacial score (nSPS) is 18.4. The molecule has 1 unspecified atom stereocenters. The van der Waals surface area contributed by atoms with Gasteiger partial charge < -0.3 is 21.5 Å². The Balaban J connectivity index is 1.94. The summed E-state index contributed by atoms with van der Waals surface area (Å²) in [6, 6.07) is 5.84. The lowest BCUT2D eigenvalue weighted by Gasteiger charge is -2.17. The van der Waals surface area contributed by atoms with Crippen LogP contribution in [0.2, 0.25) is 0 Å². The maximum Gasteiger partial charge on any atom is 0.368 e. The number of fused-ring (bicyclic) bond motifs is 1. The summed E-state index contributed by atoms with van der Waals surface area (Å²) in [7, 11) is 1.28. The SMILES string of the molecule is COC(=NCc1ccccc1F)/N=C(\N)c1nc(N)c2c(n1)NC(=O)C2(C)C(=O)OF. The molecule has 1 aromatic carbocycles. The van der Waals surface area contributed by atoms with E-state index in [0.717, 1.165) is 6.92 Å². The molecule has 31 heavy (non-hydrogen) atoms. The number of hydrogen-bond acceptors (Lipinski definition) is 8. The molecule has 0 saturated heterocycles. The van der Waals surface area contributed by atoms with Crippen molar-refractivity contribution in [1.82, 2.24) is 9.97 Å². The molecule has 0 spiro atoms. The van der Waals surface area contributed by atoms with Gasteiger partial charge in [-0.1, -0.05) is 18.2 Å². The number of amides is 1. The predicted molar refractivity (Wildman–Crippen MR) is 105 cm³/mol. The van der Waals surface area contributed by atoms with Crippen LogP contribution in [0.3, 0.4) is 0 Å². The van der Waals surface area contributed by atoms with Gasteiger partial charge in [-0.25, -0.2) is 24.1 Å². The van der Waals surface area contributed by atoms with E-state index in [1.807, 2.05) is 0 Å². The number of nitrogens with zero attached hydrogens (tertiary/aromatic N) is 4. The van der Waals surface area contributed by atoms with E-state index in [-0.39, 0.29) is 41.4 Å². The largest absolute Gasteiger partial charge is 0.467 e. The van der Waals surface area contributed by atoms with Crippen molar-refractivity contribution in [2.45, 2.75) is 18.9 Å². The molecular formula is C18H17F2N7O4. The minimum absolute atomic E-state index is 0.0699. The Hall–Kier alpha value is -4.16. The second kappa shape index (κ2) is 8.30. The number of aromatic nitrogens is 2. The van der Waals surface area contributed by atoms with Crippen LogP contribution in [0.25, 0.3) is 0 Å². The molecule has 0 saturated carbocycles. The first-order chi connectivity index (χ1) is 14.7. The van der Waals surface area contributed by atoms with Gasteiger partial charge >= 0.3 is 12.0 Å². The van der Waals surface area contributed by atoms with E-state index in [2.05, 4.69) is 30.2 Å². The van der Waals surface area contributed by atoms with E-state index in [1.165, 1.54) is 13.2 Å². The number of nitrogens with two attached hydrogens (primary N) is 2. The predicted octanol–water partition coefficient (Wildman–Crippen LogP) is 0.743. The molecule has 0 bridgehead atoms. The number of carbonyl (C=O) groups excluding carboxylic acids is 2. The van der Waals surface area contributed by atoms with Crippen LogP contribution in [0.5, 0.6) is 0 Å². The maximum absolute atomic E-state index is 13.7. The Morgan fingerprint density at radius 3 is 2.68 bits per heavy atom. The van der Waals surface area contributed by atoms with Crippen molar-refractivity contribution in [1.29, 1.82) is 0 Å². The lowest BCUT2D eigenvalue weighted by molar-refractivity contribution is -0.190. The van der Waals surface area contributed by atoms with Crippen LogP contribution < -0.4 is 16.8 Å². The fourth-order valence-corrected chi connectivity index (χ4v) is 2.87. The van der Waals surface area contributed by atoms with Crippen molar-refractivity contribution in [2.75, 3.05) is 18.2 Å². The van der Waals surface area contributed by atoms with Crippen molar-refractivity contribution in [2.24, 2.45) is 15.7 Å². The lowest BCUT2D eigenvalue weighted by atomic mass is 9.85. The van der Waals surface area contributed by atoms with Crippen molar-refractivity contribution in [3.05, 3.63) is 47.0 Å². The second-order valence-corrected chi connectivity index (χ2v) is 6.49. The molecule has 2 heterocycles. The number of benzene rings is 1.